The van der Waals surface area contributed by atoms with Crippen LogP contribution in [0.2, 0.25) is 0 Å². The van der Waals surface area contributed by atoms with Gasteiger partial charge in [-0.2, -0.15) is 0 Å². The van der Waals surface area contributed by atoms with Crippen LogP contribution >= 0.6 is 0 Å². The Morgan fingerprint density at radius 2 is 2.31 bits per heavy atom. The summed E-state index contributed by atoms with van der Waals surface area (Å²) in [5.41, 5.74) is 6.23. The number of nitrogens with zero attached hydrogens (tertiary/aromatic N) is 1. The maximum absolute atomic E-state index is 13.6. The molecule has 84 valence electrons. The quantitative estimate of drug-likeness (QED) is 0.862. The van der Waals surface area contributed by atoms with Gasteiger partial charge in [0.2, 0.25) is 0 Å². The fourth-order valence-electron chi connectivity index (χ4n) is 1.44. The molecule has 1 heterocycles. The lowest BCUT2D eigenvalue weighted by Crippen LogP contribution is -1.95. The van der Waals surface area contributed by atoms with Gasteiger partial charge in [0.25, 0.3) is 0 Å². The summed E-state index contributed by atoms with van der Waals surface area (Å²) in [6.07, 6.45) is 0. The number of aromatic nitrogens is 1. The number of nitrogens with two attached hydrogens (primary N) is 1. The third-order valence-electron chi connectivity index (χ3n) is 2.21. The molecule has 0 atom stereocenters. The molecule has 2 N–H and O–H groups in total. The van der Waals surface area contributed by atoms with E-state index in [9.17, 15) is 4.39 Å². The number of rotatable bonds is 3. The molecule has 0 saturated heterocycles. The molecular formula is C11H11FN2O2. The van der Waals surface area contributed by atoms with Gasteiger partial charge in [-0.1, -0.05) is 11.2 Å². The number of benzene rings is 1. The highest BCUT2D eigenvalue weighted by atomic mass is 19.1. The summed E-state index contributed by atoms with van der Waals surface area (Å²) in [5, 5.41) is 3.71. The number of methoxy groups -OCH3 is 1. The van der Waals surface area contributed by atoms with Crippen LogP contribution in [0.3, 0.4) is 0 Å². The van der Waals surface area contributed by atoms with Gasteiger partial charge >= 0.3 is 0 Å². The molecule has 2 aromatic rings. The number of ether oxygens (including phenoxy) is 1. The van der Waals surface area contributed by atoms with Gasteiger partial charge in [0.15, 0.2) is 5.76 Å². The molecule has 5 heteroatoms. The van der Waals surface area contributed by atoms with Gasteiger partial charge in [0.05, 0.1) is 18.4 Å². The van der Waals surface area contributed by atoms with Crippen LogP contribution in [0.1, 0.15) is 5.69 Å². The number of hydrogen-bond acceptors (Lipinski definition) is 4. The lowest BCUT2D eigenvalue weighted by Gasteiger charge is -2.05. The summed E-state index contributed by atoms with van der Waals surface area (Å²) >= 11 is 0. The van der Waals surface area contributed by atoms with Crippen molar-refractivity contribution < 1.29 is 13.7 Å². The minimum Gasteiger partial charge on any atom is -0.496 e. The van der Waals surface area contributed by atoms with Crippen molar-refractivity contribution >= 4 is 0 Å². The van der Waals surface area contributed by atoms with Crippen molar-refractivity contribution in [2.24, 2.45) is 5.73 Å². The summed E-state index contributed by atoms with van der Waals surface area (Å²) in [4.78, 5) is 0. The predicted octanol–water partition coefficient (Wildman–Crippen LogP) is 1.95. The summed E-state index contributed by atoms with van der Waals surface area (Å²) in [6, 6.07) is 6.16. The van der Waals surface area contributed by atoms with Crippen LogP contribution in [0.15, 0.2) is 28.8 Å². The minimum atomic E-state index is -0.418. The van der Waals surface area contributed by atoms with E-state index in [0.29, 0.717) is 17.2 Å². The van der Waals surface area contributed by atoms with Crippen molar-refractivity contribution in [1.82, 2.24) is 5.16 Å². The number of hydrogen-bond donors (Lipinski definition) is 1. The van der Waals surface area contributed by atoms with Crippen molar-refractivity contribution in [3.63, 3.8) is 0 Å². The van der Waals surface area contributed by atoms with Crippen LogP contribution in [0, 0.1) is 5.82 Å². The monoisotopic (exact) mass is 222 g/mol. The zero-order chi connectivity index (χ0) is 11.5. The van der Waals surface area contributed by atoms with Gasteiger partial charge in [0.1, 0.15) is 11.6 Å². The van der Waals surface area contributed by atoms with E-state index in [1.54, 1.807) is 18.2 Å². The zero-order valence-electron chi connectivity index (χ0n) is 8.74. The highest BCUT2D eigenvalue weighted by Crippen LogP contribution is 2.32. The molecule has 16 heavy (non-hydrogen) atoms. The highest BCUT2D eigenvalue weighted by molar-refractivity contribution is 5.66. The molecule has 4 nitrogen and oxygen atoms in total. The Balaban J connectivity index is 2.53. The lowest BCUT2D eigenvalue weighted by atomic mass is 10.1. The molecule has 0 saturated carbocycles. The van der Waals surface area contributed by atoms with Gasteiger partial charge in [-0.25, -0.2) is 4.39 Å². The Morgan fingerprint density at radius 1 is 1.50 bits per heavy atom. The van der Waals surface area contributed by atoms with E-state index in [1.807, 2.05) is 0 Å². The molecule has 0 aliphatic heterocycles. The molecule has 0 fully saturated rings. The van der Waals surface area contributed by atoms with E-state index in [0.717, 1.165) is 0 Å². The number of halogens is 1. The highest BCUT2D eigenvalue weighted by Gasteiger charge is 2.16. The fourth-order valence-corrected chi connectivity index (χ4v) is 1.44. The third kappa shape index (κ3) is 1.77. The van der Waals surface area contributed by atoms with Crippen LogP contribution < -0.4 is 10.5 Å². The first kappa shape index (κ1) is 10.6. The normalized spacial score (nSPS) is 10.4. The molecule has 0 amide bonds. The zero-order valence-corrected chi connectivity index (χ0v) is 8.74. The Labute approximate surface area is 91.8 Å². The van der Waals surface area contributed by atoms with Crippen molar-refractivity contribution in [2.75, 3.05) is 7.11 Å². The molecule has 0 spiro atoms. The molecule has 0 aliphatic carbocycles. The first-order chi connectivity index (χ1) is 7.76. The molecule has 0 bridgehead atoms. The Kier molecular flexibility index (Phi) is 2.87. The standard InChI is InChI=1S/C11H11FN2O2/c1-15-9-4-2-3-8(12)11(9)10-5-7(6-13)14-16-10/h2-5H,6,13H2,1H3. The maximum atomic E-state index is 13.6. The molecule has 1 aromatic carbocycles. The predicted molar refractivity (Wildman–Crippen MR) is 56.3 cm³/mol. The van der Waals surface area contributed by atoms with Gasteiger partial charge < -0.3 is 15.0 Å². The van der Waals surface area contributed by atoms with E-state index >= 15 is 0 Å². The third-order valence-corrected chi connectivity index (χ3v) is 2.21. The van der Waals surface area contributed by atoms with Gasteiger partial charge in [-0.3, -0.25) is 0 Å². The SMILES string of the molecule is COc1cccc(F)c1-c1cc(CN)no1. The van der Waals surface area contributed by atoms with Crippen molar-refractivity contribution in [3.05, 3.63) is 35.8 Å². The second-order valence-corrected chi connectivity index (χ2v) is 3.20. The fraction of sp³-hybridized carbons (Fsp3) is 0.182. The molecule has 0 aliphatic rings. The minimum absolute atomic E-state index is 0.250. The largest absolute Gasteiger partial charge is 0.496 e. The van der Waals surface area contributed by atoms with E-state index < -0.39 is 5.82 Å². The van der Waals surface area contributed by atoms with Crippen LogP contribution in [-0.2, 0) is 6.54 Å². The van der Waals surface area contributed by atoms with E-state index in [4.69, 9.17) is 15.0 Å². The Morgan fingerprint density at radius 3 is 2.94 bits per heavy atom. The van der Waals surface area contributed by atoms with Crippen molar-refractivity contribution in [2.45, 2.75) is 6.54 Å². The van der Waals surface area contributed by atoms with Crippen LogP contribution in [0.4, 0.5) is 4.39 Å². The van der Waals surface area contributed by atoms with Crippen LogP contribution in [-0.4, -0.2) is 12.3 Å². The van der Waals surface area contributed by atoms with Gasteiger partial charge in [0, 0.05) is 12.6 Å². The van der Waals surface area contributed by atoms with E-state index in [2.05, 4.69) is 5.16 Å². The summed E-state index contributed by atoms with van der Waals surface area (Å²) in [6.45, 7) is 0.250. The van der Waals surface area contributed by atoms with Gasteiger partial charge in [-0.05, 0) is 12.1 Å². The average Bonchev–Trinajstić information content (AvgIpc) is 2.76. The Bertz CT molecular complexity index is 496. The summed E-state index contributed by atoms with van der Waals surface area (Å²) in [5.74, 6) is 0.300. The molecule has 0 radical (unpaired) electrons. The smallest absolute Gasteiger partial charge is 0.173 e. The van der Waals surface area contributed by atoms with E-state index in [1.165, 1.54) is 13.2 Å². The molecular weight excluding hydrogens is 211 g/mol. The topological polar surface area (TPSA) is 61.3 Å². The first-order valence-electron chi connectivity index (χ1n) is 4.74. The molecule has 1 aromatic heterocycles. The van der Waals surface area contributed by atoms with Crippen molar-refractivity contribution in [3.8, 4) is 17.1 Å². The summed E-state index contributed by atoms with van der Waals surface area (Å²) in [7, 11) is 1.47. The lowest BCUT2D eigenvalue weighted by molar-refractivity contribution is 0.399. The maximum Gasteiger partial charge on any atom is 0.173 e. The second-order valence-electron chi connectivity index (χ2n) is 3.20. The summed E-state index contributed by atoms with van der Waals surface area (Å²) < 4.78 is 23.7. The van der Waals surface area contributed by atoms with Crippen molar-refractivity contribution in [1.29, 1.82) is 0 Å². The molecule has 0 unspecified atom stereocenters. The second kappa shape index (κ2) is 4.32. The average molecular weight is 222 g/mol. The first-order valence-corrected chi connectivity index (χ1v) is 4.74. The molecule has 2 rings (SSSR count). The van der Waals surface area contributed by atoms with Gasteiger partial charge in [-0.15, -0.1) is 0 Å². The Hall–Kier alpha value is -1.88. The van der Waals surface area contributed by atoms with Crippen LogP contribution in [0.5, 0.6) is 5.75 Å². The van der Waals surface area contributed by atoms with E-state index in [-0.39, 0.29) is 12.1 Å². The van der Waals surface area contributed by atoms with Crippen LogP contribution in [0.25, 0.3) is 11.3 Å².